The molecule has 3 rings (SSSR count). The highest BCUT2D eigenvalue weighted by atomic mass is 35.5. The van der Waals surface area contributed by atoms with Gasteiger partial charge in [-0.1, -0.05) is 36.9 Å². The van der Waals surface area contributed by atoms with Crippen molar-refractivity contribution in [3.05, 3.63) is 23.2 Å². The van der Waals surface area contributed by atoms with Crippen LogP contribution in [0.4, 0.5) is 5.69 Å². The molecule has 1 aliphatic carbocycles. The number of para-hydroxylation sites is 1. The Morgan fingerprint density at radius 2 is 1.96 bits per heavy atom. The van der Waals surface area contributed by atoms with Crippen LogP contribution in [0.2, 0.25) is 5.02 Å². The zero-order valence-electron chi connectivity index (χ0n) is 15.3. The lowest BCUT2D eigenvalue weighted by Crippen LogP contribution is -2.46. The quantitative estimate of drug-likeness (QED) is 0.833. The molecule has 0 radical (unpaired) electrons. The number of carbonyl (C=O) groups is 2. The fourth-order valence-corrected chi connectivity index (χ4v) is 4.23. The Bertz CT molecular complexity index is 658. The van der Waals surface area contributed by atoms with E-state index in [1.807, 2.05) is 6.92 Å². The third-order valence-electron chi connectivity index (χ3n) is 5.31. The van der Waals surface area contributed by atoms with E-state index in [2.05, 4.69) is 5.32 Å². The molecule has 0 aromatic heterocycles. The first-order chi connectivity index (χ1) is 12.6. The fourth-order valence-electron chi connectivity index (χ4n) is 4.00. The zero-order chi connectivity index (χ0) is 18.5. The molecule has 1 aliphatic heterocycles. The van der Waals surface area contributed by atoms with Crippen molar-refractivity contribution in [2.75, 3.05) is 18.5 Å². The molecule has 1 unspecified atom stereocenters. The number of nitrogens with one attached hydrogen (secondary N) is 1. The second kappa shape index (κ2) is 8.76. The van der Waals surface area contributed by atoms with E-state index in [1.165, 1.54) is 6.42 Å². The maximum Gasteiger partial charge on any atom is 0.247 e. The van der Waals surface area contributed by atoms with Gasteiger partial charge in [0.2, 0.25) is 11.8 Å². The highest BCUT2D eigenvalue weighted by Crippen LogP contribution is 2.34. The van der Waals surface area contributed by atoms with Gasteiger partial charge in [0.1, 0.15) is 6.04 Å². The van der Waals surface area contributed by atoms with E-state index in [1.54, 1.807) is 23.1 Å². The molecule has 2 amide bonds. The SMILES string of the molecule is CCOc1c(Cl)cccc1NC(=O)C1CCCN1C(=O)C1CCCCC1. The van der Waals surface area contributed by atoms with Gasteiger partial charge >= 0.3 is 0 Å². The summed E-state index contributed by atoms with van der Waals surface area (Å²) in [6.45, 7) is 3.00. The topological polar surface area (TPSA) is 58.6 Å². The maximum atomic E-state index is 12.9. The number of carbonyl (C=O) groups excluding carboxylic acids is 2. The van der Waals surface area contributed by atoms with Gasteiger partial charge in [-0.05, 0) is 44.7 Å². The minimum absolute atomic E-state index is 0.0855. The standard InChI is InChI=1S/C20H27ClN2O3/c1-2-26-18-15(21)10-6-11-16(18)22-19(24)17-12-7-13-23(17)20(25)14-8-4-3-5-9-14/h6,10-11,14,17H,2-5,7-9,12-13H2,1H3,(H,22,24). The van der Waals surface area contributed by atoms with Crippen LogP contribution in [0.15, 0.2) is 18.2 Å². The van der Waals surface area contributed by atoms with Gasteiger partial charge in [0.05, 0.1) is 17.3 Å². The van der Waals surface area contributed by atoms with E-state index >= 15 is 0 Å². The predicted molar refractivity (Wildman–Crippen MR) is 103 cm³/mol. The highest BCUT2D eigenvalue weighted by molar-refractivity contribution is 6.32. The van der Waals surface area contributed by atoms with Crippen LogP contribution in [0.5, 0.6) is 5.75 Å². The maximum absolute atomic E-state index is 12.9. The molecule has 1 saturated heterocycles. The third-order valence-corrected chi connectivity index (χ3v) is 5.60. The summed E-state index contributed by atoms with van der Waals surface area (Å²) in [5.74, 6) is 0.559. The van der Waals surface area contributed by atoms with Crippen molar-refractivity contribution in [1.29, 1.82) is 0 Å². The first-order valence-electron chi connectivity index (χ1n) is 9.64. The van der Waals surface area contributed by atoms with Gasteiger partial charge in [0.15, 0.2) is 5.75 Å². The molecule has 1 N–H and O–H groups in total. The first-order valence-corrected chi connectivity index (χ1v) is 10.0. The first kappa shape index (κ1) is 19.0. The molecule has 0 bridgehead atoms. The number of hydrogen-bond acceptors (Lipinski definition) is 3. The number of benzene rings is 1. The molecule has 5 nitrogen and oxygen atoms in total. The molecular weight excluding hydrogens is 352 g/mol. The number of anilines is 1. The van der Waals surface area contributed by atoms with E-state index in [0.717, 1.165) is 32.1 Å². The average Bonchev–Trinajstić information content (AvgIpc) is 3.14. The number of amides is 2. The van der Waals surface area contributed by atoms with Gasteiger partial charge in [-0.15, -0.1) is 0 Å². The van der Waals surface area contributed by atoms with Crippen LogP contribution in [0.1, 0.15) is 51.9 Å². The lowest BCUT2D eigenvalue weighted by molar-refractivity contribution is -0.141. The molecule has 142 valence electrons. The molecule has 0 spiro atoms. The molecule has 1 atom stereocenters. The van der Waals surface area contributed by atoms with Crippen LogP contribution in [-0.4, -0.2) is 35.9 Å². The summed E-state index contributed by atoms with van der Waals surface area (Å²) in [5, 5.41) is 3.39. The molecule has 2 fully saturated rings. The van der Waals surface area contributed by atoms with Gasteiger partial charge in [0.25, 0.3) is 0 Å². The summed E-state index contributed by atoms with van der Waals surface area (Å²) in [4.78, 5) is 27.6. The molecule has 1 aromatic rings. The summed E-state index contributed by atoms with van der Waals surface area (Å²) >= 11 is 6.19. The highest BCUT2D eigenvalue weighted by Gasteiger charge is 2.37. The molecule has 6 heteroatoms. The van der Waals surface area contributed by atoms with Crippen molar-refractivity contribution in [3.63, 3.8) is 0 Å². The number of nitrogens with zero attached hydrogens (tertiary/aromatic N) is 1. The molecule has 1 aromatic carbocycles. The van der Waals surface area contributed by atoms with Gasteiger partial charge < -0.3 is 15.0 Å². The Morgan fingerprint density at radius 1 is 1.19 bits per heavy atom. The number of rotatable bonds is 5. The Labute approximate surface area is 160 Å². The number of halogens is 1. The smallest absolute Gasteiger partial charge is 0.247 e. The lowest BCUT2D eigenvalue weighted by Gasteiger charge is -2.30. The largest absolute Gasteiger partial charge is 0.490 e. The van der Waals surface area contributed by atoms with Crippen molar-refractivity contribution < 1.29 is 14.3 Å². The van der Waals surface area contributed by atoms with Gasteiger partial charge in [-0.25, -0.2) is 0 Å². The Morgan fingerprint density at radius 3 is 2.69 bits per heavy atom. The number of ether oxygens (including phenoxy) is 1. The summed E-state index contributed by atoms with van der Waals surface area (Å²) < 4.78 is 5.57. The summed E-state index contributed by atoms with van der Waals surface area (Å²) in [5.41, 5.74) is 0.557. The van der Waals surface area contributed by atoms with Crippen molar-refractivity contribution in [2.24, 2.45) is 5.92 Å². The predicted octanol–water partition coefficient (Wildman–Crippen LogP) is 4.25. The van der Waals surface area contributed by atoms with Gasteiger partial charge in [-0.3, -0.25) is 9.59 Å². The van der Waals surface area contributed by atoms with Crippen LogP contribution in [-0.2, 0) is 9.59 Å². The minimum atomic E-state index is -0.405. The van der Waals surface area contributed by atoms with E-state index in [0.29, 0.717) is 36.0 Å². The van der Waals surface area contributed by atoms with Crippen LogP contribution in [0, 0.1) is 5.92 Å². The number of likely N-dealkylation sites (tertiary alicyclic amines) is 1. The molecule has 1 heterocycles. The van der Waals surface area contributed by atoms with E-state index in [4.69, 9.17) is 16.3 Å². The second-order valence-corrected chi connectivity index (χ2v) is 7.47. The van der Waals surface area contributed by atoms with Crippen molar-refractivity contribution in [2.45, 2.75) is 57.9 Å². The van der Waals surface area contributed by atoms with Crippen LogP contribution >= 0.6 is 11.6 Å². The zero-order valence-corrected chi connectivity index (χ0v) is 16.1. The van der Waals surface area contributed by atoms with E-state index in [-0.39, 0.29) is 17.7 Å². The van der Waals surface area contributed by atoms with E-state index < -0.39 is 6.04 Å². The summed E-state index contributed by atoms with van der Waals surface area (Å²) in [6, 6.07) is 4.88. The molecule has 1 saturated carbocycles. The minimum Gasteiger partial charge on any atom is -0.490 e. The van der Waals surface area contributed by atoms with E-state index in [9.17, 15) is 9.59 Å². The molecule has 2 aliphatic rings. The second-order valence-electron chi connectivity index (χ2n) is 7.06. The Kier molecular flexibility index (Phi) is 6.41. The van der Waals surface area contributed by atoms with Crippen LogP contribution < -0.4 is 10.1 Å². The van der Waals surface area contributed by atoms with Crippen LogP contribution in [0.25, 0.3) is 0 Å². The Hall–Kier alpha value is -1.75. The third kappa shape index (κ3) is 4.14. The van der Waals surface area contributed by atoms with Crippen molar-refractivity contribution >= 4 is 29.1 Å². The fraction of sp³-hybridized carbons (Fsp3) is 0.600. The normalized spacial score (nSPS) is 20.8. The molecule has 26 heavy (non-hydrogen) atoms. The van der Waals surface area contributed by atoms with Crippen molar-refractivity contribution in [3.8, 4) is 5.75 Å². The van der Waals surface area contributed by atoms with Crippen molar-refractivity contribution in [1.82, 2.24) is 4.90 Å². The van der Waals surface area contributed by atoms with Gasteiger partial charge in [0, 0.05) is 12.5 Å². The molecular formula is C20H27ClN2O3. The number of hydrogen-bond donors (Lipinski definition) is 1. The van der Waals surface area contributed by atoms with Crippen LogP contribution in [0.3, 0.4) is 0 Å². The average molecular weight is 379 g/mol. The Balaban J connectivity index is 1.71. The lowest BCUT2D eigenvalue weighted by atomic mass is 9.88. The summed E-state index contributed by atoms with van der Waals surface area (Å²) in [6.07, 6.45) is 6.91. The van der Waals surface area contributed by atoms with Gasteiger partial charge in [-0.2, -0.15) is 0 Å². The summed E-state index contributed by atoms with van der Waals surface area (Å²) in [7, 11) is 0. The monoisotopic (exact) mass is 378 g/mol.